The van der Waals surface area contributed by atoms with Crippen LogP contribution in [0.1, 0.15) is 37.0 Å². The lowest BCUT2D eigenvalue weighted by Gasteiger charge is -2.11. The van der Waals surface area contributed by atoms with Gasteiger partial charge in [-0.1, -0.05) is 50.2 Å². The molecule has 27 heavy (non-hydrogen) atoms. The van der Waals surface area contributed by atoms with Gasteiger partial charge in [-0.3, -0.25) is 10.1 Å². The van der Waals surface area contributed by atoms with Gasteiger partial charge in [0.2, 0.25) is 5.95 Å². The smallest absolute Gasteiger partial charge is 0.258 e. The van der Waals surface area contributed by atoms with E-state index in [4.69, 9.17) is 4.52 Å². The first-order valence-corrected chi connectivity index (χ1v) is 8.61. The van der Waals surface area contributed by atoms with Gasteiger partial charge >= 0.3 is 0 Å². The van der Waals surface area contributed by atoms with Crippen molar-refractivity contribution in [2.24, 2.45) is 0 Å². The molecule has 4 rings (SSSR count). The highest BCUT2D eigenvalue weighted by Crippen LogP contribution is 2.26. The predicted octanol–water partition coefficient (Wildman–Crippen LogP) is 4.16. The minimum Gasteiger partial charge on any atom is -0.334 e. The number of fused-ring (bicyclic) bond motifs is 1. The van der Waals surface area contributed by atoms with Gasteiger partial charge in [-0.2, -0.15) is 4.98 Å². The van der Waals surface area contributed by atoms with Gasteiger partial charge in [0.25, 0.3) is 11.8 Å². The topological polar surface area (TPSA) is 96.7 Å². The molecule has 2 aromatic heterocycles. The Hall–Kier alpha value is -3.48. The molecule has 0 spiro atoms. The number of H-pyrrole nitrogens is 1. The molecule has 1 amide bonds. The predicted molar refractivity (Wildman–Crippen MR) is 102 cm³/mol. The number of hydrogen-bond acceptors (Lipinski definition) is 5. The second kappa shape index (κ2) is 6.35. The zero-order chi connectivity index (χ0) is 19.0. The van der Waals surface area contributed by atoms with E-state index in [-0.39, 0.29) is 11.3 Å². The zero-order valence-electron chi connectivity index (χ0n) is 15.3. The normalized spacial score (nSPS) is 11.7. The van der Waals surface area contributed by atoms with Crippen LogP contribution < -0.4 is 5.32 Å². The Kier molecular flexibility index (Phi) is 3.99. The molecule has 0 radical (unpaired) electrons. The molecule has 0 aliphatic heterocycles. The van der Waals surface area contributed by atoms with Crippen LogP contribution in [0.5, 0.6) is 0 Å². The Labute approximate surface area is 155 Å². The fraction of sp³-hybridized carbons (Fsp3) is 0.200. The summed E-state index contributed by atoms with van der Waals surface area (Å²) in [6, 6.07) is 14.7. The summed E-state index contributed by atoms with van der Waals surface area (Å²) in [6.07, 6.45) is 0. The van der Waals surface area contributed by atoms with E-state index in [1.165, 1.54) is 0 Å². The molecule has 2 N–H and O–H groups in total. The molecule has 4 aromatic rings. The molecule has 0 atom stereocenters. The molecule has 7 nitrogen and oxygen atoms in total. The third-order valence-electron chi connectivity index (χ3n) is 4.12. The van der Waals surface area contributed by atoms with Crippen LogP contribution in [0.15, 0.2) is 53.1 Å². The van der Waals surface area contributed by atoms with Gasteiger partial charge in [0.15, 0.2) is 5.82 Å². The number of nitrogens with zero attached hydrogens (tertiary/aromatic N) is 3. The molecule has 0 aliphatic carbocycles. The van der Waals surface area contributed by atoms with E-state index in [1.807, 2.05) is 51.1 Å². The van der Waals surface area contributed by atoms with Gasteiger partial charge in [0.1, 0.15) is 0 Å². The first-order valence-electron chi connectivity index (χ1n) is 8.61. The number of amides is 1. The number of nitrogens with one attached hydrogen (secondary N) is 2. The Morgan fingerprint density at radius 1 is 1.04 bits per heavy atom. The van der Waals surface area contributed by atoms with Crippen molar-refractivity contribution in [3.63, 3.8) is 0 Å². The van der Waals surface area contributed by atoms with E-state index in [0.717, 1.165) is 11.0 Å². The van der Waals surface area contributed by atoms with Crippen LogP contribution in [0.25, 0.3) is 22.5 Å². The average Bonchev–Trinajstić information content (AvgIpc) is 3.28. The third-order valence-corrected chi connectivity index (χ3v) is 4.12. The maximum Gasteiger partial charge on any atom is 0.258 e. The number of anilines is 1. The Morgan fingerprint density at radius 2 is 1.78 bits per heavy atom. The highest BCUT2D eigenvalue weighted by Gasteiger charge is 2.24. The van der Waals surface area contributed by atoms with Gasteiger partial charge in [-0.15, -0.1) is 0 Å². The molecular formula is C20H19N5O2. The average molecular weight is 361 g/mol. The summed E-state index contributed by atoms with van der Waals surface area (Å²) in [5.74, 6) is 0.984. The lowest BCUT2D eigenvalue weighted by molar-refractivity contribution is 0.102. The zero-order valence-corrected chi connectivity index (χ0v) is 15.3. The lowest BCUT2D eigenvalue weighted by Crippen LogP contribution is -2.14. The van der Waals surface area contributed by atoms with Crippen molar-refractivity contribution < 1.29 is 9.32 Å². The lowest BCUT2D eigenvalue weighted by atomic mass is 9.96. The molecule has 0 saturated carbocycles. The molecule has 0 unspecified atom stereocenters. The summed E-state index contributed by atoms with van der Waals surface area (Å²) in [5, 5.41) is 6.84. The molecule has 0 bridgehead atoms. The van der Waals surface area contributed by atoms with E-state index < -0.39 is 0 Å². The molecule has 136 valence electrons. The number of imidazole rings is 1. The number of aromatic amines is 1. The third kappa shape index (κ3) is 3.31. The summed E-state index contributed by atoms with van der Waals surface area (Å²) < 4.78 is 5.40. The minimum atomic E-state index is -0.305. The number of aromatic nitrogens is 4. The molecule has 2 heterocycles. The number of rotatable bonds is 3. The number of carbonyl (C=O) groups excluding carboxylic acids is 1. The van der Waals surface area contributed by atoms with Crippen molar-refractivity contribution in [3.05, 3.63) is 59.9 Å². The van der Waals surface area contributed by atoms with Crippen molar-refractivity contribution in [1.29, 1.82) is 0 Å². The molecule has 0 fully saturated rings. The Bertz CT molecular complexity index is 1090. The molecule has 0 aliphatic rings. The second-order valence-corrected chi connectivity index (χ2v) is 7.28. The highest BCUT2D eigenvalue weighted by atomic mass is 16.5. The Morgan fingerprint density at radius 3 is 2.52 bits per heavy atom. The number of para-hydroxylation sites is 2. The van der Waals surface area contributed by atoms with Gasteiger partial charge in [0.05, 0.1) is 22.2 Å². The molecule has 0 saturated heterocycles. The first kappa shape index (κ1) is 17.0. The van der Waals surface area contributed by atoms with Crippen molar-refractivity contribution in [2.75, 3.05) is 5.32 Å². The highest BCUT2D eigenvalue weighted by molar-refractivity contribution is 6.07. The summed E-state index contributed by atoms with van der Waals surface area (Å²) >= 11 is 0. The quantitative estimate of drug-likeness (QED) is 0.571. The standard InChI is InChI=1S/C20H19N5O2/c1-20(2,3)18-24-17(27-25-18)13-9-5-4-8-12(13)16(26)23-19-21-14-10-6-7-11-15(14)22-19/h4-11H,1-3H3,(H2,21,22,23,26). The maximum absolute atomic E-state index is 12.8. The molecule has 7 heteroatoms. The SMILES string of the molecule is CC(C)(C)c1noc(-c2ccccc2C(=O)Nc2nc3ccccc3[nH]2)n1. The van der Waals surface area contributed by atoms with E-state index in [0.29, 0.717) is 28.8 Å². The van der Waals surface area contributed by atoms with E-state index in [2.05, 4.69) is 25.4 Å². The largest absolute Gasteiger partial charge is 0.334 e. The van der Waals surface area contributed by atoms with Crippen LogP contribution in [0.3, 0.4) is 0 Å². The fourth-order valence-electron chi connectivity index (χ4n) is 2.69. The number of benzene rings is 2. The maximum atomic E-state index is 12.8. The molecule has 2 aromatic carbocycles. The van der Waals surface area contributed by atoms with Crippen molar-refractivity contribution in [1.82, 2.24) is 20.1 Å². The van der Waals surface area contributed by atoms with Crippen LogP contribution in [0.4, 0.5) is 5.95 Å². The van der Waals surface area contributed by atoms with Gasteiger partial charge in [-0.05, 0) is 24.3 Å². The van der Waals surface area contributed by atoms with Crippen LogP contribution in [-0.4, -0.2) is 26.0 Å². The van der Waals surface area contributed by atoms with E-state index in [9.17, 15) is 4.79 Å². The van der Waals surface area contributed by atoms with Crippen molar-refractivity contribution >= 4 is 22.9 Å². The van der Waals surface area contributed by atoms with Crippen LogP contribution >= 0.6 is 0 Å². The summed E-state index contributed by atoms with van der Waals surface area (Å²) in [7, 11) is 0. The van der Waals surface area contributed by atoms with Crippen molar-refractivity contribution in [2.45, 2.75) is 26.2 Å². The first-order chi connectivity index (χ1) is 12.9. The van der Waals surface area contributed by atoms with Crippen LogP contribution in [0.2, 0.25) is 0 Å². The number of hydrogen-bond donors (Lipinski definition) is 2. The van der Waals surface area contributed by atoms with Gasteiger partial charge in [0, 0.05) is 5.41 Å². The van der Waals surface area contributed by atoms with Crippen LogP contribution in [0, 0.1) is 0 Å². The van der Waals surface area contributed by atoms with Gasteiger partial charge in [-0.25, -0.2) is 4.98 Å². The van der Waals surface area contributed by atoms with Gasteiger partial charge < -0.3 is 9.51 Å². The van der Waals surface area contributed by atoms with Crippen LogP contribution in [-0.2, 0) is 5.41 Å². The summed E-state index contributed by atoms with van der Waals surface area (Å²) in [4.78, 5) is 24.7. The number of carbonyl (C=O) groups is 1. The van der Waals surface area contributed by atoms with E-state index in [1.54, 1.807) is 18.2 Å². The summed E-state index contributed by atoms with van der Waals surface area (Å²) in [5.41, 5.74) is 2.41. The monoisotopic (exact) mass is 361 g/mol. The Balaban J connectivity index is 1.66. The fourth-order valence-corrected chi connectivity index (χ4v) is 2.69. The summed E-state index contributed by atoms with van der Waals surface area (Å²) in [6.45, 7) is 6.01. The van der Waals surface area contributed by atoms with Crippen molar-refractivity contribution in [3.8, 4) is 11.5 Å². The van der Waals surface area contributed by atoms with E-state index >= 15 is 0 Å². The molecular weight excluding hydrogens is 342 g/mol. The minimum absolute atomic E-state index is 0.243. The second-order valence-electron chi connectivity index (χ2n) is 7.28.